The van der Waals surface area contributed by atoms with Crippen LogP contribution in [0.3, 0.4) is 0 Å². The molecule has 0 fully saturated rings. The summed E-state index contributed by atoms with van der Waals surface area (Å²) in [6.07, 6.45) is 1.13. The SMILES string of the molecule is CCN(CC)c1ccc(C(=O)NNC(=O)COC(=O)C2=COCCO2)cc1. The van der Waals surface area contributed by atoms with Gasteiger partial charge >= 0.3 is 5.97 Å². The van der Waals surface area contributed by atoms with Gasteiger partial charge < -0.3 is 19.1 Å². The van der Waals surface area contributed by atoms with E-state index < -0.39 is 24.4 Å². The van der Waals surface area contributed by atoms with Crippen LogP contribution in [-0.2, 0) is 23.8 Å². The molecule has 1 heterocycles. The molecule has 0 unspecified atom stereocenters. The van der Waals surface area contributed by atoms with Crippen molar-refractivity contribution in [3.63, 3.8) is 0 Å². The minimum Gasteiger partial charge on any atom is -0.493 e. The van der Waals surface area contributed by atoms with Crippen molar-refractivity contribution in [3.8, 4) is 0 Å². The molecule has 2 amide bonds. The molecule has 2 rings (SSSR count). The Kier molecular flexibility index (Phi) is 7.48. The lowest BCUT2D eigenvalue weighted by atomic mass is 10.2. The second-order valence-electron chi connectivity index (χ2n) is 5.50. The van der Waals surface area contributed by atoms with E-state index in [2.05, 4.69) is 29.6 Å². The van der Waals surface area contributed by atoms with Crippen molar-refractivity contribution in [2.24, 2.45) is 0 Å². The standard InChI is InChI=1S/C18H23N3O6/c1-3-21(4-2)14-7-5-13(6-8-14)17(23)20-19-16(22)12-27-18(24)15-11-25-9-10-26-15/h5-8,11H,3-4,9-10,12H2,1-2H3,(H,19,22)(H,20,23). The third-order valence-electron chi connectivity index (χ3n) is 3.76. The van der Waals surface area contributed by atoms with E-state index in [1.54, 1.807) is 12.1 Å². The number of nitrogens with zero attached hydrogens (tertiary/aromatic N) is 1. The molecule has 1 aromatic carbocycles. The number of hydrogen-bond donors (Lipinski definition) is 2. The molecule has 9 nitrogen and oxygen atoms in total. The maximum absolute atomic E-state index is 12.1. The molecule has 1 aliphatic heterocycles. The number of rotatable bonds is 7. The molecule has 0 spiro atoms. The monoisotopic (exact) mass is 377 g/mol. The fourth-order valence-electron chi connectivity index (χ4n) is 2.32. The van der Waals surface area contributed by atoms with Crippen LogP contribution < -0.4 is 15.8 Å². The Hall–Kier alpha value is -3.23. The molecule has 2 N–H and O–H groups in total. The van der Waals surface area contributed by atoms with Crippen LogP contribution in [0.2, 0.25) is 0 Å². The van der Waals surface area contributed by atoms with E-state index >= 15 is 0 Å². The zero-order chi connectivity index (χ0) is 19.6. The average Bonchev–Trinajstić information content (AvgIpc) is 2.72. The first-order valence-electron chi connectivity index (χ1n) is 8.61. The highest BCUT2D eigenvalue weighted by Gasteiger charge is 2.18. The maximum Gasteiger partial charge on any atom is 0.377 e. The molecule has 0 saturated heterocycles. The smallest absolute Gasteiger partial charge is 0.377 e. The Balaban J connectivity index is 1.76. The molecular formula is C18H23N3O6. The minimum absolute atomic E-state index is 0.105. The van der Waals surface area contributed by atoms with E-state index in [0.717, 1.165) is 25.0 Å². The molecule has 9 heteroatoms. The zero-order valence-corrected chi connectivity index (χ0v) is 15.3. The Morgan fingerprint density at radius 1 is 1.07 bits per heavy atom. The predicted molar refractivity (Wildman–Crippen MR) is 96.6 cm³/mol. The van der Waals surface area contributed by atoms with Crippen LogP contribution in [-0.4, -0.2) is 50.7 Å². The fourth-order valence-corrected chi connectivity index (χ4v) is 2.32. The highest BCUT2D eigenvalue weighted by Crippen LogP contribution is 2.14. The molecule has 1 aromatic rings. The summed E-state index contributed by atoms with van der Waals surface area (Å²) in [5.41, 5.74) is 5.85. The molecule has 1 aliphatic rings. The molecule has 0 aliphatic carbocycles. The number of carbonyl (C=O) groups is 3. The number of nitrogens with one attached hydrogen (secondary N) is 2. The summed E-state index contributed by atoms with van der Waals surface area (Å²) >= 11 is 0. The third-order valence-corrected chi connectivity index (χ3v) is 3.76. The third kappa shape index (κ3) is 5.91. The van der Waals surface area contributed by atoms with Crippen molar-refractivity contribution in [1.82, 2.24) is 10.9 Å². The van der Waals surface area contributed by atoms with Crippen LogP contribution in [0.4, 0.5) is 5.69 Å². The minimum atomic E-state index is -0.817. The average molecular weight is 377 g/mol. The summed E-state index contributed by atoms with van der Waals surface area (Å²) in [6, 6.07) is 7.01. The van der Waals surface area contributed by atoms with Gasteiger partial charge in [-0.1, -0.05) is 0 Å². The van der Waals surface area contributed by atoms with Crippen molar-refractivity contribution in [2.75, 3.05) is 37.8 Å². The lowest BCUT2D eigenvalue weighted by Gasteiger charge is -2.21. The number of esters is 1. The Morgan fingerprint density at radius 2 is 1.78 bits per heavy atom. The molecular weight excluding hydrogens is 354 g/mol. The van der Waals surface area contributed by atoms with Crippen LogP contribution in [0.25, 0.3) is 0 Å². The van der Waals surface area contributed by atoms with E-state index in [4.69, 9.17) is 14.2 Å². The first-order chi connectivity index (χ1) is 13.0. The Morgan fingerprint density at radius 3 is 2.37 bits per heavy atom. The summed E-state index contributed by atoms with van der Waals surface area (Å²) in [7, 11) is 0. The fraction of sp³-hybridized carbons (Fsp3) is 0.389. The van der Waals surface area contributed by atoms with Crippen LogP contribution in [0.15, 0.2) is 36.3 Å². The van der Waals surface area contributed by atoms with E-state index in [1.807, 2.05) is 12.1 Å². The Labute approximate surface area is 157 Å². The summed E-state index contributed by atoms with van der Waals surface area (Å²) in [5.74, 6) is -2.09. The largest absolute Gasteiger partial charge is 0.493 e. The quantitative estimate of drug-likeness (QED) is 0.533. The van der Waals surface area contributed by atoms with E-state index in [0.29, 0.717) is 12.2 Å². The van der Waals surface area contributed by atoms with E-state index in [1.165, 1.54) is 0 Å². The van der Waals surface area contributed by atoms with Gasteiger partial charge in [-0.25, -0.2) is 4.79 Å². The summed E-state index contributed by atoms with van der Waals surface area (Å²) in [5, 5.41) is 0. The lowest BCUT2D eigenvalue weighted by Crippen LogP contribution is -2.43. The first kappa shape index (κ1) is 20.1. The van der Waals surface area contributed by atoms with Crippen LogP contribution in [0.5, 0.6) is 0 Å². The summed E-state index contributed by atoms with van der Waals surface area (Å²) < 4.78 is 14.7. The molecule has 146 valence electrons. The number of amides is 2. The van der Waals surface area contributed by atoms with Gasteiger partial charge in [-0.2, -0.15) is 0 Å². The highest BCUT2D eigenvalue weighted by atomic mass is 16.6. The molecule has 27 heavy (non-hydrogen) atoms. The molecule has 0 atom stereocenters. The van der Waals surface area contributed by atoms with Gasteiger partial charge in [-0.15, -0.1) is 0 Å². The van der Waals surface area contributed by atoms with Crippen molar-refractivity contribution >= 4 is 23.5 Å². The summed E-state index contributed by atoms with van der Waals surface area (Å²) in [4.78, 5) is 37.5. The molecule has 0 bridgehead atoms. The topological polar surface area (TPSA) is 106 Å². The number of hydrogen-bond acceptors (Lipinski definition) is 7. The van der Waals surface area contributed by atoms with Gasteiger partial charge in [0, 0.05) is 24.3 Å². The van der Waals surface area contributed by atoms with Crippen molar-refractivity contribution in [2.45, 2.75) is 13.8 Å². The van der Waals surface area contributed by atoms with Gasteiger partial charge in [0.15, 0.2) is 6.61 Å². The van der Waals surface area contributed by atoms with Crippen LogP contribution in [0.1, 0.15) is 24.2 Å². The van der Waals surface area contributed by atoms with Crippen LogP contribution in [0, 0.1) is 0 Å². The zero-order valence-electron chi connectivity index (χ0n) is 15.3. The van der Waals surface area contributed by atoms with Gasteiger partial charge in [-0.05, 0) is 38.1 Å². The molecule has 0 radical (unpaired) electrons. The number of benzene rings is 1. The second-order valence-corrected chi connectivity index (χ2v) is 5.50. The van der Waals surface area contributed by atoms with E-state index in [9.17, 15) is 14.4 Å². The second kappa shape index (κ2) is 10.0. The highest BCUT2D eigenvalue weighted by molar-refractivity contribution is 5.96. The number of carbonyl (C=O) groups excluding carboxylic acids is 3. The normalized spacial score (nSPS) is 12.7. The van der Waals surface area contributed by atoms with Gasteiger partial charge in [0.25, 0.3) is 11.8 Å². The van der Waals surface area contributed by atoms with Crippen molar-refractivity contribution in [1.29, 1.82) is 0 Å². The lowest BCUT2D eigenvalue weighted by molar-refractivity contribution is -0.149. The maximum atomic E-state index is 12.1. The van der Waals surface area contributed by atoms with Gasteiger partial charge in [-0.3, -0.25) is 20.4 Å². The van der Waals surface area contributed by atoms with Gasteiger partial charge in [0.1, 0.15) is 19.5 Å². The van der Waals surface area contributed by atoms with E-state index in [-0.39, 0.29) is 12.4 Å². The predicted octanol–water partition coefficient (Wildman–Crippen LogP) is 0.725. The number of ether oxygens (including phenoxy) is 3. The first-order valence-corrected chi connectivity index (χ1v) is 8.61. The number of anilines is 1. The molecule has 0 aromatic heterocycles. The molecule has 0 saturated carbocycles. The van der Waals surface area contributed by atoms with Crippen LogP contribution >= 0.6 is 0 Å². The van der Waals surface area contributed by atoms with Gasteiger partial charge in [0.05, 0.1) is 0 Å². The number of hydrazine groups is 1. The van der Waals surface area contributed by atoms with Crippen molar-refractivity contribution in [3.05, 3.63) is 41.9 Å². The Bertz CT molecular complexity index is 698. The van der Waals surface area contributed by atoms with Gasteiger partial charge in [0.2, 0.25) is 5.76 Å². The summed E-state index contributed by atoms with van der Waals surface area (Å²) in [6.45, 7) is 5.85. The van der Waals surface area contributed by atoms with Crippen molar-refractivity contribution < 1.29 is 28.6 Å².